The summed E-state index contributed by atoms with van der Waals surface area (Å²) in [6.07, 6.45) is 4.47. The lowest BCUT2D eigenvalue weighted by Gasteiger charge is -2.28. The van der Waals surface area contributed by atoms with Crippen LogP contribution in [0.25, 0.3) is 0 Å². The fourth-order valence-corrected chi connectivity index (χ4v) is 2.23. The van der Waals surface area contributed by atoms with E-state index in [1.54, 1.807) is 0 Å². The quantitative estimate of drug-likeness (QED) is 0.594. The molecule has 2 aliphatic heterocycles. The van der Waals surface area contributed by atoms with Crippen molar-refractivity contribution in [3.63, 3.8) is 0 Å². The van der Waals surface area contributed by atoms with Crippen LogP contribution in [0.1, 0.15) is 32.1 Å². The Morgan fingerprint density at radius 2 is 2.19 bits per heavy atom. The summed E-state index contributed by atoms with van der Waals surface area (Å²) in [6.45, 7) is 1.50. The molecule has 2 fully saturated rings. The SMILES string of the molecule is O=C1CCC(NC(=O)[C@@H]2CCCCN2)CN1. The summed E-state index contributed by atoms with van der Waals surface area (Å²) in [4.78, 5) is 22.8. The molecule has 1 unspecified atom stereocenters. The van der Waals surface area contributed by atoms with Crippen molar-refractivity contribution in [2.75, 3.05) is 13.1 Å². The second kappa shape index (κ2) is 5.30. The van der Waals surface area contributed by atoms with Gasteiger partial charge in [0.2, 0.25) is 11.8 Å². The Labute approximate surface area is 95.3 Å². The highest BCUT2D eigenvalue weighted by Gasteiger charge is 2.25. The fraction of sp³-hybridized carbons (Fsp3) is 0.818. The van der Waals surface area contributed by atoms with E-state index in [0.29, 0.717) is 13.0 Å². The first-order valence-corrected chi connectivity index (χ1v) is 6.06. The first kappa shape index (κ1) is 11.4. The van der Waals surface area contributed by atoms with Crippen LogP contribution in [0.2, 0.25) is 0 Å². The van der Waals surface area contributed by atoms with Crippen LogP contribution in [-0.4, -0.2) is 37.0 Å². The number of carbonyl (C=O) groups is 2. The molecule has 0 aromatic heterocycles. The lowest BCUT2D eigenvalue weighted by molar-refractivity contribution is -0.127. The van der Waals surface area contributed by atoms with Crippen LogP contribution in [0.3, 0.4) is 0 Å². The standard InChI is InChI=1S/C11H19N3O2/c15-10-5-4-8(7-13-10)14-11(16)9-3-1-2-6-12-9/h8-9,12H,1-7H2,(H,13,15)(H,14,16)/t8?,9-/m0/s1. The first-order chi connectivity index (χ1) is 7.75. The second-order valence-corrected chi connectivity index (χ2v) is 4.55. The summed E-state index contributed by atoms with van der Waals surface area (Å²) < 4.78 is 0. The minimum absolute atomic E-state index is 0.0358. The van der Waals surface area contributed by atoms with E-state index in [2.05, 4.69) is 16.0 Å². The molecule has 2 aliphatic rings. The number of hydrogen-bond acceptors (Lipinski definition) is 3. The van der Waals surface area contributed by atoms with Gasteiger partial charge in [-0.15, -0.1) is 0 Å². The van der Waals surface area contributed by atoms with Gasteiger partial charge >= 0.3 is 0 Å². The monoisotopic (exact) mass is 225 g/mol. The van der Waals surface area contributed by atoms with E-state index < -0.39 is 0 Å². The average Bonchev–Trinajstić information content (AvgIpc) is 2.33. The molecule has 16 heavy (non-hydrogen) atoms. The van der Waals surface area contributed by atoms with Gasteiger partial charge in [-0.1, -0.05) is 6.42 Å². The van der Waals surface area contributed by atoms with E-state index in [1.165, 1.54) is 0 Å². The molecule has 5 heteroatoms. The highest BCUT2D eigenvalue weighted by Crippen LogP contribution is 2.08. The van der Waals surface area contributed by atoms with Gasteiger partial charge < -0.3 is 16.0 Å². The molecule has 0 radical (unpaired) electrons. The largest absolute Gasteiger partial charge is 0.354 e. The van der Waals surface area contributed by atoms with Crippen molar-refractivity contribution >= 4 is 11.8 Å². The Bertz CT molecular complexity index is 264. The van der Waals surface area contributed by atoms with Crippen molar-refractivity contribution in [1.82, 2.24) is 16.0 Å². The summed E-state index contributed by atoms with van der Waals surface area (Å²) in [6, 6.07) is 0.0697. The molecule has 3 N–H and O–H groups in total. The Kier molecular flexibility index (Phi) is 3.77. The number of rotatable bonds is 2. The summed E-state index contributed by atoms with van der Waals surface area (Å²) in [5, 5.41) is 8.98. The Hall–Kier alpha value is -1.10. The zero-order valence-corrected chi connectivity index (χ0v) is 9.42. The normalized spacial score (nSPS) is 30.6. The lowest BCUT2D eigenvalue weighted by Crippen LogP contribution is -2.53. The average molecular weight is 225 g/mol. The molecule has 2 amide bonds. The van der Waals surface area contributed by atoms with Gasteiger partial charge in [0, 0.05) is 19.0 Å². The summed E-state index contributed by atoms with van der Waals surface area (Å²) in [5.74, 6) is 0.169. The molecule has 2 rings (SSSR count). The molecule has 0 aromatic carbocycles. The molecule has 0 saturated carbocycles. The van der Waals surface area contributed by atoms with Gasteiger partial charge in [-0.3, -0.25) is 9.59 Å². The van der Waals surface area contributed by atoms with E-state index in [9.17, 15) is 9.59 Å². The maximum Gasteiger partial charge on any atom is 0.237 e. The molecule has 2 heterocycles. The van der Waals surface area contributed by atoms with Gasteiger partial charge in [-0.05, 0) is 25.8 Å². The molecular formula is C11H19N3O2. The van der Waals surface area contributed by atoms with Gasteiger partial charge in [0.25, 0.3) is 0 Å². The molecule has 0 spiro atoms. The van der Waals surface area contributed by atoms with Crippen LogP contribution in [0, 0.1) is 0 Å². The molecule has 0 aliphatic carbocycles. The van der Waals surface area contributed by atoms with Gasteiger partial charge in [-0.25, -0.2) is 0 Å². The Morgan fingerprint density at radius 1 is 1.31 bits per heavy atom. The number of carbonyl (C=O) groups excluding carboxylic acids is 2. The molecule has 0 aromatic rings. The van der Waals surface area contributed by atoms with Gasteiger partial charge in [0.15, 0.2) is 0 Å². The van der Waals surface area contributed by atoms with Gasteiger partial charge in [0.05, 0.1) is 6.04 Å². The highest BCUT2D eigenvalue weighted by molar-refractivity contribution is 5.82. The van der Waals surface area contributed by atoms with Gasteiger partial charge in [0.1, 0.15) is 0 Å². The molecule has 90 valence electrons. The maximum atomic E-state index is 11.9. The van der Waals surface area contributed by atoms with E-state index in [4.69, 9.17) is 0 Å². The smallest absolute Gasteiger partial charge is 0.237 e. The van der Waals surface area contributed by atoms with Crippen LogP contribution in [0.4, 0.5) is 0 Å². The molecular weight excluding hydrogens is 206 g/mol. The minimum atomic E-state index is -0.0358. The van der Waals surface area contributed by atoms with E-state index in [0.717, 1.165) is 32.2 Å². The van der Waals surface area contributed by atoms with Crippen molar-refractivity contribution in [2.24, 2.45) is 0 Å². The van der Waals surface area contributed by atoms with Crippen LogP contribution < -0.4 is 16.0 Å². The maximum absolute atomic E-state index is 11.9. The molecule has 2 saturated heterocycles. The first-order valence-electron chi connectivity index (χ1n) is 6.06. The zero-order valence-electron chi connectivity index (χ0n) is 9.42. The van der Waals surface area contributed by atoms with Crippen molar-refractivity contribution in [2.45, 2.75) is 44.2 Å². The number of nitrogens with one attached hydrogen (secondary N) is 3. The third-order valence-electron chi connectivity index (χ3n) is 3.24. The summed E-state index contributed by atoms with van der Waals surface area (Å²) >= 11 is 0. The lowest BCUT2D eigenvalue weighted by atomic mass is 10.0. The molecule has 5 nitrogen and oxygen atoms in total. The van der Waals surface area contributed by atoms with E-state index in [1.807, 2.05) is 0 Å². The van der Waals surface area contributed by atoms with Crippen LogP contribution in [0.15, 0.2) is 0 Å². The fourth-order valence-electron chi connectivity index (χ4n) is 2.23. The van der Waals surface area contributed by atoms with E-state index in [-0.39, 0.29) is 23.9 Å². The minimum Gasteiger partial charge on any atom is -0.354 e. The molecule has 0 bridgehead atoms. The van der Waals surface area contributed by atoms with Crippen LogP contribution in [0.5, 0.6) is 0 Å². The van der Waals surface area contributed by atoms with Gasteiger partial charge in [-0.2, -0.15) is 0 Å². The summed E-state index contributed by atoms with van der Waals surface area (Å²) in [5.41, 5.74) is 0. The third-order valence-corrected chi connectivity index (χ3v) is 3.24. The number of amides is 2. The molecule has 2 atom stereocenters. The third kappa shape index (κ3) is 2.95. The summed E-state index contributed by atoms with van der Waals surface area (Å²) in [7, 11) is 0. The Morgan fingerprint density at radius 3 is 2.81 bits per heavy atom. The number of hydrogen-bond donors (Lipinski definition) is 3. The van der Waals surface area contributed by atoms with Crippen LogP contribution in [-0.2, 0) is 9.59 Å². The Balaban J connectivity index is 1.75. The van der Waals surface area contributed by atoms with Crippen molar-refractivity contribution in [1.29, 1.82) is 0 Å². The topological polar surface area (TPSA) is 70.2 Å². The number of piperidine rings is 2. The predicted molar refractivity (Wildman–Crippen MR) is 59.8 cm³/mol. The second-order valence-electron chi connectivity index (χ2n) is 4.55. The van der Waals surface area contributed by atoms with Crippen molar-refractivity contribution < 1.29 is 9.59 Å². The predicted octanol–water partition coefficient (Wildman–Crippen LogP) is -0.477. The van der Waals surface area contributed by atoms with E-state index >= 15 is 0 Å². The zero-order chi connectivity index (χ0) is 11.4. The van der Waals surface area contributed by atoms with Crippen molar-refractivity contribution in [3.8, 4) is 0 Å². The highest BCUT2D eigenvalue weighted by atomic mass is 16.2. The van der Waals surface area contributed by atoms with Crippen molar-refractivity contribution in [3.05, 3.63) is 0 Å². The van der Waals surface area contributed by atoms with Crippen LogP contribution >= 0.6 is 0 Å².